The molecule has 12 heteroatoms. The molecule has 0 aromatic carbocycles. The molecular weight excluding hydrogens is 384 g/mol. The molecule has 0 saturated carbocycles. The Kier molecular flexibility index (Phi) is 5.68. The minimum Gasteiger partial charge on any atom is -0.455 e. The van der Waals surface area contributed by atoms with Crippen molar-refractivity contribution in [1.29, 1.82) is 0 Å². The summed E-state index contributed by atoms with van der Waals surface area (Å²) in [6, 6.07) is -0.767. The van der Waals surface area contributed by atoms with Crippen molar-refractivity contribution in [2.75, 3.05) is 24.8 Å². The highest BCUT2D eigenvalue weighted by atomic mass is 32.2. The quantitative estimate of drug-likeness (QED) is 0.372. The molecule has 0 aromatic heterocycles. The van der Waals surface area contributed by atoms with Gasteiger partial charge in [0.1, 0.15) is 23.9 Å². The zero-order valence-corrected chi connectivity index (χ0v) is 16.0. The molecule has 0 N–H and O–H groups in total. The topological polar surface area (TPSA) is 127 Å². The first kappa shape index (κ1) is 20.0. The number of nitrogens with zero attached hydrogens (tertiary/aromatic N) is 2. The molecule has 3 saturated heterocycles. The monoisotopic (exact) mass is 406 g/mol. The van der Waals surface area contributed by atoms with Crippen molar-refractivity contribution in [2.45, 2.75) is 56.8 Å². The maximum absolute atomic E-state index is 12.6. The highest BCUT2D eigenvalue weighted by molar-refractivity contribution is 7.99. The number of ether oxygens (including phenoxy) is 4. The molecule has 1 amide bonds. The third-order valence-electron chi connectivity index (χ3n) is 4.23. The molecule has 11 nitrogen and oxygen atoms in total. The van der Waals surface area contributed by atoms with E-state index in [0.29, 0.717) is 11.6 Å². The Bertz CT molecular complexity index is 611. The van der Waals surface area contributed by atoms with Crippen molar-refractivity contribution >= 4 is 23.8 Å². The highest BCUT2D eigenvalue weighted by Crippen LogP contribution is 2.32. The Balaban J connectivity index is 1.57. The number of thioether (sulfide) groups is 1. The smallest absolute Gasteiger partial charge is 0.411 e. The van der Waals surface area contributed by atoms with Crippen LogP contribution in [0, 0.1) is 10.1 Å². The van der Waals surface area contributed by atoms with Gasteiger partial charge in [-0.1, -0.05) is 0 Å². The second-order valence-electron chi connectivity index (χ2n) is 7.40. The fraction of sp³-hybridized carbons (Fsp3) is 0.867. The Morgan fingerprint density at radius 3 is 2.44 bits per heavy atom. The van der Waals surface area contributed by atoms with Gasteiger partial charge in [0.2, 0.25) is 0 Å². The molecule has 152 valence electrons. The van der Waals surface area contributed by atoms with Gasteiger partial charge in [-0.15, -0.1) is 21.9 Å². The molecule has 0 aromatic rings. The summed E-state index contributed by atoms with van der Waals surface area (Å²) in [5, 5.41) is 9.62. The van der Waals surface area contributed by atoms with Crippen LogP contribution in [0.25, 0.3) is 0 Å². The van der Waals surface area contributed by atoms with Gasteiger partial charge in [-0.2, -0.15) is 0 Å². The van der Waals surface area contributed by atoms with Crippen LogP contribution < -0.4 is 0 Å². The van der Waals surface area contributed by atoms with E-state index < -0.39 is 53.2 Å². The molecule has 0 aliphatic carbocycles. The maximum atomic E-state index is 12.6. The van der Waals surface area contributed by atoms with E-state index in [-0.39, 0.29) is 13.2 Å². The SMILES string of the molecule is CC(C)(C)OC(=O)N1CSC[C@@H]1C(=O)O[C@@H]1CO[C@H]2[C@@H]1OC[C@@H]2O[N+](=O)[O-]. The average molecular weight is 406 g/mol. The van der Waals surface area contributed by atoms with E-state index in [0.717, 1.165) is 0 Å². The van der Waals surface area contributed by atoms with Crippen LogP contribution in [0.15, 0.2) is 0 Å². The number of rotatable bonds is 4. The lowest BCUT2D eigenvalue weighted by Crippen LogP contribution is -2.47. The van der Waals surface area contributed by atoms with Crippen LogP contribution in [0.1, 0.15) is 20.8 Å². The van der Waals surface area contributed by atoms with E-state index in [1.807, 2.05) is 0 Å². The van der Waals surface area contributed by atoms with Crippen molar-refractivity contribution in [2.24, 2.45) is 0 Å². The van der Waals surface area contributed by atoms with Crippen molar-refractivity contribution in [3.63, 3.8) is 0 Å². The Morgan fingerprint density at radius 1 is 1.19 bits per heavy atom. The van der Waals surface area contributed by atoms with E-state index >= 15 is 0 Å². The van der Waals surface area contributed by atoms with Gasteiger partial charge in [-0.05, 0) is 20.8 Å². The number of amides is 1. The Morgan fingerprint density at radius 2 is 1.81 bits per heavy atom. The van der Waals surface area contributed by atoms with Crippen LogP contribution >= 0.6 is 11.8 Å². The third kappa shape index (κ3) is 4.55. The van der Waals surface area contributed by atoms with Crippen LogP contribution in [0.4, 0.5) is 4.79 Å². The van der Waals surface area contributed by atoms with Crippen molar-refractivity contribution < 1.29 is 38.5 Å². The molecule has 5 atom stereocenters. The number of esters is 1. The second kappa shape index (κ2) is 7.68. The van der Waals surface area contributed by atoms with E-state index in [4.69, 9.17) is 18.9 Å². The third-order valence-corrected chi connectivity index (χ3v) is 5.25. The molecule has 27 heavy (non-hydrogen) atoms. The summed E-state index contributed by atoms with van der Waals surface area (Å²) in [6.07, 6.45) is -3.45. The fourth-order valence-electron chi connectivity index (χ4n) is 3.10. The van der Waals surface area contributed by atoms with Gasteiger partial charge in [0, 0.05) is 5.75 Å². The lowest BCUT2D eigenvalue weighted by molar-refractivity contribution is -0.769. The van der Waals surface area contributed by atoms with E-state index in [1.165, 1.54) is 16.7 Å². The molecule has 3 aliphatic heterocycles. The summed E-state index contributed by atoms with van der Waals surface area (Å²) in [6.45, 7) is 5.27. The predicted molar refractivity (Wildman–Crippen MR) is 90.4 cm³/mol. The second-order valence-corrected chi connectivity index (χ2v) is 8.40. The predicted octanol–water partition coefficient (Wildman–Crippen LogP) is 0.583. The van der Waals surface area contributed by atoms with Crippen molar-refractivity contribution in [1.82, 2.24) is 4.90 Å². The standard InChI is InChI=1S/C15H22N2O9S/c1-15(2,3)25-14(19)16-7-27-6-8(16)13(18)24-9-4-22-12-10(26-17(20)21)5-23-11(9)12/h8-12H,4-7H2,1-3H3/t8-,9-,10+,11-,12-/m1/s1. The van der Waals surface area contributed by atoms with Crippen LogP contribution in [0.3, 0.4) is 0 Å². The minimum absolute atomic E-state index is 0.0202. The van der Waals surface area contributed by atoms with Crippen LogP contribution in [-0.4, -0.2) is 83.0 Å². The molecule has 3 rings (SSSR count). The normalized spacial score (nSPS) is 32.9. The first-order valence-electron chi connectivity index (χ1n) is 8.48. The summed E-state index contributed by atoms with van der Waals surface area (Å²) in [7, 11) is 0. The van der Waals surface area contributed by atoms with E-state index in [2.05, 4.69) is 4.84 Å². The molecule has 0 radical (unpaired) electrons. The number of hydrogen-bond acceptors (Lipinski definition) is 10. The summed E-state index contributed by atoms with van der Waals surface area (Å²) in [5.41, 5.74) is -0.672. The number of hydrogen-bond donors (Lipinski definition) is 0. The molecule has 0 spiro atoms. The van der Waals surface area contributed by atoms with Gasteiger partial charge in [0.05, 0.1) is 19.1 Å². The number of carbonyl (C=O) groups excluding carboxylic acids is 2. The lowest BCUT2D eigenvalue weighted by atomic mass is 10.1. The van der Waals surface area contributed by atoms with Crippen LogP contribution in [0.2, 0.25) is 0 Å². The molecule has 3 fully saturated rings. The van der Waals surface area contributed by atoms with Gasteiger partial charge in [-0.25, -0.2) is 9.59 Å². The average Bonchev–Trinajstić information content (AvgIpc) is 3.23. The molecule has 3 aliphatic rings. The van der Waals surface area contributed by atoms with Crippen molar-refractivity contribution in [3.8, 4) is 0 Å². The molecule has 0 unspecified atom stereocenters. The van der Waals surface area contributed by atoms with E-state index in [1.54, 1.807) is 20.8 Å². The fourth-order valence-corrected chi connectivity index (χ4v) is 4.22. The van der Waals surface area contributed by atoms with Gasteiger partial charge >= 0.3 is 12.1 Å². The largest absolute Gasteiger partial charge is 0.455 e. The summed E-state index contributed by atoms with van der Waals surface area (Å²) < 4.78 is 21.8. The summed E-state index contributed by atoms with van der Waals surface area (Å²) in [5.74, 6) is 0.146. The molecule has 0 bridgehead atoms. The number of fused-ring (bicyclic) bond motifs is 1. The zero-order chi connectivity index (χ0) is 19.8. The molecular formula is C15H22N2O9S. The van der Waals surface area contributed by atoms with Gasteiger partial charge in [-0.3, -0.25) is 4.90 Å². The van der Waals surface area contributed by atoms with Gasteiger partial charge < -0.3 is 23.8 Å². The summed E-state index contributed by atoms with van der Waals surface area (Å²) >= 11 is 1.42. The summed E-state index contributed by atoms with van der Waals surface area (Å²) in [4.78, 5) is 41.3. The Hall–Kier alpha value is -1.79. The number of carbonyl (C=O) groups is 2. The van der Waals surface area contributed by atoms with Crippen LogP contribution in [0.5, 0.6) is 0 Å². The van der Waals surface area contributed by atoms with Gasteiger partial charge in [0.25, 0.3) is 5.09 Å². The zero-order valence-electron chi connectivity index (χ0n) is 15.2. The minimum atomic E-state index is -0.895. The Labute approximate surface area is 159 Å². The van der Waals surface area contributed by atoms with Gasteiger partial charge in [0.15, 0.2) is 12.2 Å². The first-order chi connectivity index (χ1) is 12.7. The van der Waals surface area contributed by atoms with Crippen molar-refractivity contribution in [3.05, 3.63) is 10.1 Å². The molecule has 3 heterocycles. The lowest BCUT2D eigenvalue weighted by Gasteiger charge is -2.28. The van der Waals surface area contributed by atoms with E-state index in [9.17, 15) is 19.7 Å². The highest BCUT2D eigenvalue weighted by Gasteiger charge is 2.52. The maximum Gasteiger partial charge on any atom is 0.411 e. The van der Waals surface area contributed by atoms with Crippen LogP contribution in [-0.2, 0) is 28.6 Å². The first-order valence-corrected chi connectivity index (χ1v) is 9.63.